The molecule has 0 atom stereocenters. The van der Waals surface area contributed by atoms with E-state index in [1.165, 1.54) is 57.8 Å². The molecule has 0 radical (unpaired) electrons. The van der Waals surface area contributed by atoms with Gasteiger partial charge >= 0.3 is 0 Å². The highest BCUT2D eigenvalue weighted by atomic mass is 16.5. The zero-order valence-corrected chi connectivity index (χ0v) is 13.4. The number of carbonyl (C=O) groups excluding carboxylic acids is 2. The first kappa shape index (κ1) is 19.8. The number of hydroxylamine groups is 1. The van der Waals surface area contributed by atoms with Crippen LogP contribution in [0, 0.1) is 0 Å². The molecule has 0 spiro atoms. The van der Waals surface area contributed by atoms with Crippen molar-refractivity contribution < 1.29 is 14.8 Å². The number of hydrogen-bond acceptors (Lipinski definition) is 4. The van der Waals surface area contributed by atoms with E-state index in [0.29, 0.717) is 0 Å². The quantitative estimate of drug-likeness (QED) is 0.168. The van der Waals surface area contributed by atoms with E-state index in [-0.39, 0.29) is 11.6 Å². The summed E-state index contributed by atoms with van der Waals surface area (Å²) in [5, 5.41) is 11.9. The van der Waals surface area contributed by atoms with Crippen molar-refractivity contribution in [2.24, 2.45) is 5.10 Å². The molecule has 0 aliphatic rings. The van der Waals surface area contributed by atoms with E-state index < -0.39 is 5.91 Å². The fraction of sp³-hybridized carbons (Fsp3) is 0.875. The van der Waals surface area contributed by atoms with Gasteiger partial charge in [-0.2, -0.15) is 0 Å². The minimum atomic E-state index is -0.551. The summed E-state index contributed by atoms with van der Waals surface area (Å²) in [6, 6.07) is 0. The van der Waals surface area contributed by atoms with Gasteiger partial charge < -0.3 is 0 Å². The molecule has 0 rings (SSSR count). The van der Waals surface area contributed by atoms with Crippen LogP contribution in [-0.4, -0.2) is 22.4 Å². The second-order valence-corrected chi connectivity index (χ2v) is 5.51. The number of hydrazone groups is 1. The number of isocyanates is 1. The molecule has 0 aromatic rings. The largest absolute Gasteiger partial charge is 0.270 e. The van der Waals surface area contributed by atoms with Gasteiger partial charge in [-0.3, -0.25) is 10.0 Å². The molecule has 21 heavy (non-hydrogen) atoms. The van der Waals surface area contributed by atoms with Crippen molar-refractivity contribution in [3.8, 4) is 0 Å². The van der Waals surface area contributed by atoms with E-state index in [4.69, 9.17) is 5.21 Å². The molecule has 0 heterocycles. The molecule has 0 saturated heterocycles. The Morgan fingerprint density at radius 1 is 0.905 bits per heavy atom. The lowest BCUT2D eigenvalue weighted by Gasteiger charge is -2.06. The monoisotopic (exact) mass is 298 g/mol. The Morgan fingerprint density at radius 3 is 1.76 bits per heavy atom. The Kier molecular flexibility index (Phi) is 14.3. The van der Waals surface area contributed by atoms with Crippen LogP contribution in [0.3, 0.4) is 0 Å². The number of rotatable bonds is 14. The lowest BCUT2D eigenvalue weighted by molar-refractivity contribution is -0.165. The summed E-state index contributed by atoms with van der Waals surface area (Å²) < 4.78 is 0. The fourth-order valence-corrected chi connectivity index (χ4v) is 2.31. The van der Waals surface area contributed by atoms with Crippen molar-refractivity contribution in [2.75, 3.05) is 0 Å². The third-order valence-corrected chi connectivity index (χ3v) is 3.60. The minimum absolute atomic E-state index is 0.0749. The zero-order chi connectivity index (χ0) is 15.8. The number of amides is 1. The van der Waals surface area contributed by atoms with Gasteiger partial charge in [0.05, 0.1) is 0 Å². The van der Waals surface area contributed by atoms with Gasteiger partial charge in [0.15, 0.2) is 0 Å². The molecule has 0 aromatic carbocycles. The van der Waals surface area contributed by atoms with Gasteiger partial charge in [0, 0.05) is 6.42 Å². The topological polar surface area (TPSA) is 70.0 Å². The van der Waals surface area contributed by atoms with Gasteiger partial charge in [0.2, 0.25) is 0 Å². The Hall–Kier alpha value is -1.19. The second-order valence-electron chi connectivity index (χ2n) is 5.51. The number of unbranched alkanes of at least 4 members (excludes halogenated alkanes) is 11. The smallest absolute Gasteiger partial charge is 0.269 e. The van der Waals surface area contributed by atoms with Crippen LogP contribution in [0.4, 0.5) is 0 Å². The van der Waals surface area contributed by atoms with Gasteiger partial charge in [0.25, 0.3) is 12.0 Å². The number of carbonyl (C=O) groups is 1. The molecule has 1 amide bonds. The van der Waals surface area contributed by atoms with Crippen LogP contribution in [0.2, 0.25) is 0 Å². The third kappa shape index (κ3) is 13.5. The van der Waals surface area contributed by atoms with E-state index in [1.807, 2.05) is 0 Å². The summed E-state index contributed by atoms with van der Waals surface area (Å²) in [6.45, 7) is 2.24. The predicted octanol–water partition coefficient (Wildman–Crippen LogP) is 4.55. The molecule has 0 unspecified atom stereocenters. The highest BCUT2D eigenvalue weighted by Crippen LogP contribution is 2.12. The Balaban J connectivity index is 3.22. The summed E-state index contributed by atoms with van der Waals surface area (Å²) in [5.74, 6) is -0.551. The molecule has 0 bridgehead atoms. The van der Waals surface area contributed by atoms with Crippen LogP contribution in [0.1, 0.15) is 90.4 Å². The molecular formula is C16H30N2O3. The molecular weight excluding hydrogens is 268 g/mol. The molecule has 0 saturated carbocycles. The molecule has 0 aliphatic carbocycles. The van der Waals surface area contributed by atoms with Crippen LogP contribution >= 0.6 is 0 Å². The van der Waals surface area contributed by atoms with E-state index in [1.54, 1.807) is 0 Å². The summed E-state index contributed by atoms with van der Waals surface area (Å²) in [5.41, 5.74) is 0. The molecule has 0 fully saturated rings. The first-order valence-electron chi connectivity index (χ1n) is 8.32. The van der Waals surface area contributed by atoms with Crippen molar-refractivity contribution in [3.63, 3.8) is 0 Å². The van der Waals surface area contributed by atoms with Gasteiger partial charge in [-0.1, -0.05) is 87.8 Å². The van der Waals surface area contributed by atoms with Gasteiger partial charge in [-0.05, 0) is 6.42 Å². The van der Waals surface area contributed by atoms with E-state index in [0.717, 1.165) is 25.3 Å². The van der Waals surface area contributed by atoms with Crippen LogP contribution in [0.5, 0.6) is 0 Å². The lowest BCUT2D eigenvalue weighted by atomic mass is 10.0. The first-order valence-corrected chi connectivity index (χ1v) is 8.32. The van der Waals surface area contributed by atoms with Gasteiger partial charge in [-0.25, -0.2) is 4.79 Å². The van der Waals surface area contributed by atoms with Crippen molar-refractivity contribution >= 4 is 12.0 Å². The Bertz CT molecular complexity index is 302. The van der Waals surface area contributed by atoms with E-state index >= 15 is 0 Å². The van der Waals surface area contributed by atoms with Crippen LogP contribution in [0.25, 0.3) is 0 Å². The number of hydrogen-bond donors (Lipinski definition) is 1. The Morgan fingerprint density at radius 2 is 1.33 bits per heavy atom. The maximum absolute atomic E-state index is 11.2. The van der Waals surface area contributed by atoms with Crippen LogP contribution < -0.4 is 0 Å². The molecule has 5 nitrogen and oxygen atoms in total. The van der Waals surface area contributed by atoms with Crippen molar-refractivity contribution in [1.29, 1.82) is 0 Å². The summed E-state index contributed by atoms with van der Waals surface area (Å²) in [4.78, 5) is 21.1. The molecule has 1 N–H and O–H groups in total. The van der Waals surface area contributed by atoms with E-state index in [2.05, 4.69) is 12.0 Å². The second kappa shape index (κ2) is 15.2. The molecule has 122 valence electrons. The van der Waals surface area contributed by atoms with Crippen molar-refractivity contribution in [2.45, 2.75) is 90.4 Å². The molecule has 5 heteroatoms. The first-order chi connectivity index (χ1) is 10.2. The normalized spacial score (nSPS) is 10.2. The summed E-state index contributed by atoms with van der Waals surface area (Å²) >= 11 is 0. The maximum Gasteiger partial charge on any atom is 0.269 e. The fourth-order valence-electron chi connectivity index (χ4n) is 2.31. The maximum atomic E-state index is 11.2. The minimum Gasteiger partial charge on any atom is -0.270 e. The SMILES string of the molecule is CCCCCCCCCCCCCCC(=O)N(O)N=C=O. The average molecular weight is 298 g/mol. The predicted molar refractivity (Wildman–Crippen MR) is 82.4 cm³/mol. The summed E-state index contributed by atoms with van der Waals surface area (Å²) in [6.07, 6.45) is 16.1. The summed E-state index contributed by atoms with van der Waals surface area (Å²) in [7, 11) is 0. The molecule has 0 aliphatic heterocycles. The van der Waals surface area contributed by atoms with Crippen molar-refractivity contribution in [3.05, 3.63) is 0 Å². The lowest BCUT2D eigenvalue weighted by Crippen LogP contribution is -2.20. The van der Waals surface area contributed by atoms with Crippen LogP contribution in [-0.2, 0) is 9.59 Å². The average Bonchev–Trinajstić information content (AvgIpc) is 2.48. The molecule has 0 aromatic heterocycles. The highest BCUT2D eigenvalue weighted by molar-refractivity contribution is 5.74. The van der Waals surface area contributed by atoms with E-state index in [9.17, 15) is 9.59 Å². The third-order valence-electron chi connectivity index (χ3n) is 3.60. The standard InChI is InChI=1S/C16H30N2O3/c1-2-3-4-5-6-7-8-9-10-11-12-13-14-16(20)18(21)17-15-19/h21H,2-14H2,1H3. The zero-order valence-electron chi connectivity index (χ0n) is 13.4. The van der Waals surface area contributed by atoms with Gasteiger partial charge in [0.1, 0.15) is 0 Å². The Labute approximate surface area is 128 Å². The van der Waals surface area contributed by atoms with Crippen LogP contribution in [0.15, 0.2) is 5.10 Å². The highest BCUT2D eigenvalue weighted by Gasteiger charge is 2.08. The van der Waals surface area contributed by atoms with Gasteiger partial charge in [-0.15, -0.1) is 0 Å². The number of nitrogens with zero attached hydrogens (tertiary/aromatic N) is 2. The van der Waals surface area contributed by atoms with Crippen molar-refractivity contribution in [1.82, 2.24) is 5.17 Å².